The van der Waals surface area contributed by atoms with E-state index >= 15 is 0 Å². The minimum absolute atomic E-state index is 0.150. The smallest absolute Gasteiger partial charge is 0.251 e. The molecule has 5 nitrogen and oxygen atoms in total. The molecule has 2 atom stereocenters. The number of nitrogens with zero attached hydrogens (tertiary/aromatic N) is 1. The Morgan fingerprint density at radius 3 is 2.46 bits per heavy atom. The van der Waals surface area contributed by atoms with Crippen LogP contribution < -0.4 is 10.2 Å². The van der Waals surface area contributed by atoms with E-state index in [0.29, 0.717) is 11.3 Å². The van der Waals surface area contributed by atoms with E-state index in [2.05, 4.69) is 5.32 Å². The van der Waals surface area contributed by atoms with Crippen LogP contribution in [0.1, 0.15) is 64.7 Å². The summed E-state index contributed by atoms with van der Waals surface area (Å²) in [4.78, 5) is 40.1. The van der Waals surface area contributed by atoms with Gasteiger partial charge >= 0.3 is 0 Å². The number of carbonyl (C=O) groups excluding carboxylic acids is 3. The minimum Gasteiger partial charge on any atom is -0.347 e. The molecule has 1 aliphatic heterocycles. The van der Waals surface area contributed by atoms with Crippen LogP contribution in [0.5, 0.6) is 0 Å². The summed E-state index contributed by atoms with van der Waals surface area (Å²) in [6, 6.07) is 6.78. The molecule has 1 aromatic rings. The summed E-state index contributed by atoms with van der Waals surface area (Å²) in [7, 11) is 0. The molecule has 5 heteroatoms. The number of rotatable bonds is 2. The van der Waals surface area contributed by atoms with Gasteiger partial charge in [0.05, 0.1) is 11.1 Å². The first-order valence-corrected chi connectivity index (χ1v) is 9.19. The van der Waals surface area contributed by atoms with Crippen LogP contribution in [0.25, 0.3) is 0 Å². The Morgan fingerprint density at radius 1 is 1.19 bits per heavy atom. The topological polar surface area (TPSA) is 66.5 Å². The molecule has 26 heavy (non-hydrogen) atoms. The summed E-state index contributed by atoms with van der Waals surface area (Å²) < 4.78 is 0. The highest BCUT2D eigenvalue weighted by molar-refractivity contribution is 6.20. The summed E-state index contributed by atoms with van der Waals surface area (Å²) in [6.45, 7) is 11.7. The van der Waals surface area contributed by atoms with E-state index in [4.69, 9.17) is 0 Å². The lowest BCUT2D eigenvalue weighted by atomic mass is 9.62. The zero-order valence-corrected chi connectivity index (χ0v) is 16.5. The molecule has 1 aromatic carbocycles. The van der Waals surface area contributed by atoms with Crippen molar-refractivity contribution in [2.45, 2.75) is 59.9 Å². The summed E-state index contributed by atoms with van der Waals surface area (Å²) in [5, 5.41) is 2.91. The molecule has 3 rings (SSSR count). The molecule has 0 spiro atoms. The standard InChI is InChI=1S/C21H28N2O3/c1-19(2,3)22-16(24)13-8-7-9-14(12-13)23-17(25)15-10-11-21(6,18(23)26)20(15,4)5/h7-9,12,15H,10-11H2,1-6H3,(H,22,24)/t15-,21+/m1/s1. The number of benzene rings is 1. The number of imide groups is 1. The van der Waals surface area contributed by atoms with E-state index in [1.807, 2.05) is 41.5 Å². The third-order valence-electron chi connectivity index (χ3n) is 6.27. The predicted molar refractivity (Wildman–Crippen MR) is 101 cm³/mol. The predicted octanol–water partition coefficient (Wildman–Crippen LogP) is 3.53. The van der Waals surface area contributed by atoms with Gasteiger partial charge in [-0.25, -0.2) is 4.90 Å². The van der Waals surface area contributed by atoms with E-state index in [-0.39, 0.29) is 34.6 Å². The van der Waals surface area contributed by atoms with Gasteiger partial charge in [0.2, 0.25) is 11.8 Å². The highest BCUT2D eigenvalue weighted by Crippen LogP contribution is 2.60. The molecule has 0 unspecified atom stereocenters. The first-order chi connectivity index (χ1) is 11.9. The van der Waals surface area contributed by atoms with E-state index < -0.39 is 5.41 Å². The lowest BCUT2D eigenvalue weighted by Crippen LogP contribution is -2.59. The molecule has 1 aliphatic carbocycles. The molecule has 2 fully saturated rings. The Kier molecular flexibility index (Phi) is 4.05. The first-order valence-electron chi connectivity index (χ1n) is 9.19. The molecule has 0 radical (unpaired) electrons. The molecule has 1 N–H and O–H groups in total. The fourth-order valence-corrected chi connectivity index (χ4v) is 4.26. The second kappa shape index (κ2) is 5.66. The Hall–Kier alpha value is -2.17. The number of hydrogen-bond acceptors (Lipinski definition) is 3. The van der Waals surface area contributed by atoms with Crippen LogP contribution in [-0.2, 0) is 9.59 Å². The largest absolute Gasteiger partial charge is 0.347 e. The lowest BCUT2D eigenvalue weighted by Gasteiger charge is -2.47. The third kappa shape index (κ3) is 2.65. The van der Waals surface area contributed by atoms with Crippen LogP contribution in [0.4, 0.5) is 5.69 Å². The molecular formula is C21H28N2O3. The van der Waals surface area contributed by atoms with Crippen molar-refractivity contribution in [3.8, 4) is 0 Å². The van der Waals surface area contributed by atoms with Crippen LogP contribution in [0, 0.1) is 16.7 Å². The fraction of sp³-hybridized carbons (Fsp3) is 0.571. The summed E-state index contributed by atoms with van der Waals surface area (Å²) >= 11 is 0. The van der Waals surface area contributed by atoms with Gasteiger partial charge in [0.25, 0.3) is 5.91 Å². The molecule has 1 saturated heterocycles. The Bertz CT molecular complexity index is 791. The van der Waals surface area contributed by atoms with Gasteiger partial charge in [-0.2, -0.15) is 0 Å². The minimum atomic E-state index is -0.560. The maximum Gasteiger partial charge on any atom is 0.251 e. The second-order valence-electron chi connectivity index (χ2n) is 9.38. The Balaban J connectivity index is 1.98. The van der Waals surface area contributed by atoms with Gasteiger partial charge in [-0.15, -0.1) is 0 Å². The number of nitrogens with one attached hydrogen (secondary N) is 1. The van der Waals surface area contributed by atoms with Crippen LogP contribution in [-0.4, -0.2) is 23.3 Å². The number of fused-ring (bicyclic) bond motifs is 2. The van der Waals surface area contributed by atoms with Crippen molar-refractivity contribution in [2.75, 3.05) is 4.90 Å². The van der Waals surface area contributed by atoms with Gasteiger partial charge < -0.3 is 5.32 Å². The van der Waals surface area contributed by atoms with Gasteiger partial charge in [0, 0.05) is 17.0 Å². The zero-order valence-electron chi connectivity index (χ0n) is 16.5. The van der Waals surface area contributed by atoms with Gasteiger partial charge in [-0.1, -0.05) is 26.8 Å². The van der Waals surface area contributed by atoms with Crippen molar-refractivity contribution in [3.63, 3.8) is 0 Å². The fourth-order valence-electron chi connectivity index (χ4n) is 4.26. The molecule has 0 aromatic heterocycles. The number of carbonyl (C=O) groups is 3. The normalized spacial score (nSPS) is 27.6. The summed E-state index contributed by atoms with van der Waals surface area (Å²) in [5.41, 5.74) is -0.343. The number of hydrogen-bond donors (Lipinski definition) is 1. The molecule has 1 heterocycles. The van der Waals surface area contributed by atoms with Crippen molar-refractivity contribution < 1.29 is 14.4 Å². The van der Waals surface area contributed by atoms with Crippen molar-refractivity contribution in [2.24, 2.45) is 16.7 Å². The first kappa shape index (κ1) is 18.6. The molecular weight excluding hydrogens is 328 g/mol. The van der Waals surface area contributed by atoms with Crippen LogP contribution in [0.3, 0.4) is 0 Å². The molecule has 3 amide bonds. The highest BCUT2D eigenvalue weighted by atomic mass is 16.2. The molecule has 1 saturated carbocycles. The van der Waals surface area contributed by atoms with E-state index in [0.717, 1.165) is 12.8 Å². The van der Waals surface area contributed by atoms with Gasteiger partial charge in [-0.05, 0) is 57.2 Å². The van der Waals surface area contributed by atoms with E-state index in [9.17, 15) is 14.4 Å². The Labute approximate surface area is 155 Å². The summed E-state index contributed by atoms with van der Waals surface area (Å²) in [5.74, 6) is -0.694. The van der Waals surface area contributed by atoms with E-state index in [1.54, 1.807) is 24.3 Å². The number of amides is 3. The van der Waals surface area contributed by atoms with Crippen molar-refractivity contribution in [3.05, 3.63) is 29.8 Å². The van der Waals surface area contributed by atoms with Crippen molar-refractivity contribution in [1.82, 2.24) is 5.32 Å². The van der Waals surface area contributed by atoms with Gasteiger partial charge in [0.15, 0.2) is 0 Å². The van der Waals surface area contributed by atoms with E-state index in [1.165, 1.54) is 4.90 Å². The van der Waals surface area contributed by atoms with Crippen molar-refractivity contribution >= 4 is 23.4 Å². The Morgan fingerprint density at radius 2 is 1.85 bits per heavy atom. The summed E-state index contributed by atoms with van der Waals surface area (Å²) in [6.07, 6.45) is 1.45. The average molecular weight is 356 g/mol. The van der Waals surface area contributed by atoms with Crippen LogP contribution in [0.15, 0.2) is 24.3 Å². The average Bonchev–Trinajstić information content (AvgIpc) is 2.70. The maximum absolute atomic E-state index is 13.2. The zero-order chi connectivity index (χ0) is 19.5. The maximum atomic E-state index is 13.2. The monoisotopic (exact) mass is 356 g/mol. The quantitative estimate of drug-likeness (QED) is 0.825. The lowest BCUT2D eigenvalue weighted by molar-refractivity contribution is -0.146. The van der Waals surface area contributed by atoms with Crippen LogP contribution in [0.2, 0.25) is 0 Å². The van der Waals surface area contributed by atoms with Crippen molar-refractivity contribution in [1.29, 1.82) is 0 Å². The van der Waals surface area contributed by atoms with Gasteiger partial charge in [-0.3, -0.25) is 14.4 Å². The second-order valence-corrected chi connectivity index (χ2v) is 9.38. The number of piperidine rings is 1. The SMILES string of the molecule is CC(C)(C)NC(=O)c1cccc(N2C(=O)[C@H]3CC[C@@](C)(C2=O)C3(C)C)c1. The van der Waals surface area contributed by atoms with Crippen LogP contribution >= 0.6 is 0 Å². The third-order valence-corrected chi connectivity index (χ3v) is 6.27. The number of anilines is 1. The van der Waals surface area contributed by atoms with Gasteiger partial charge in [0.1, 0.15) is 0 Å². The molecule has 140 valence electrons. The highest BCUT2D eigenvalue weighted by Gasteiger charge is 2.64. The molecule has 2 aliphatic rings. The molecule has 2 bridgehead atoms.